The minimum atomic E-state index is -4.44. The fourth-order valence-corrected chi connectivity index (χ4v) is 2.73. The highest BCUT2D eigenvalue weighted by molar-refractivity contribution is 5.07. The van der Waals surface area contributed by atoms with E-state index in [2.05, 4.69) is 26.8 Å². The van der Waals surface area contributed by atoms with E-state index in [9.17, 15) is 13.2 Å². The van der Waals surface area contributed by atoms with Gasteiger partial charge in [-0.1, -0.05) is 0 Å². The van der Waals surface area contributed by atoms with Crippen LogP contribution in [0.4, 0.5) is 13.2 Å². The predicted octanol–water partition coefficient (Wildman–Crippen LogP) is 2.08. The van der Waals surface area contributed by atoms with E-state index in [1.54, 1.807) is 0 Å². The Hall–Kier alpha value is -1.25. The maximum absolute atomic E-state index is 12.7. The summed E-state index contributed by atoms with van der Waals surface area (Å²) in [5.74, 6) is 0.191. The summed E-state index contributed by atoms with van der Waals surface area (Å²) in [5, 5.41) is 0. The van der Waals surface area contributed by atoms with Gasteiger partial charge >= 0.3 is 6.18 Å². The molecule has 1 saturated heterocycles. The lowest BCUT2D eigenvalue weighted by Gasteiger charge is -2.22. The standard InChI is InChI=1S/C16H25F3N4O/c1-22(2)8-9-23(3)11-13-5-4-12(24-13)10-15-20-7-6-14(21-15)16(17,18)19/h6-7,12-13H,4-5,8-11H2,1-3H3/t12-,13+/m0/s1. The summed E-state index contributed by atoms with van der Waals surface area (Å²) in [6.45, 7) is 2.76. The van der Waals surface area contributed by atoms with Gasteiger partial charge in [0.05, 0.1) is 12.2 Å². The highest BCUT2D eigenvalue weighted by Gasteiger charge is 2.33. The molecule has 1 aliphatic heterocycles. The fourth-order valence-electron chi connectivity index (χ4n) is 2.73. The predicted molar refractivity (Wildman–Crippen MR) is 84.7 cm³/mol. The molecule has 0 saturated carbocycles. The maximum atomic E-state index is 12.7. The van der Waals surface area contributed by atoms with Gasteiger partial charge in [0, 0.05) is 32.3 Å². The van der Waals surface area contributed by atoms with Gasteiger partial charge < -0.3 is 14.5 Å². The summed E-state index contributed by atoms with van der Waals surface area (Å²) in [5.41, 5.74) is -0.898. The molecule has 1 aliphatic rings. The number of ether oxygens (including phenoxy) is 1. The van der Waals surface area contributed by atoms with Gasteiger partial charge in [0.25, 0.3) is 0 Å². The molecule has 136 valence electrons. The van der Waals surface area contributed by atoms with Crippen molar-refractivity contribution in [3.05, 3.63) is 23.8 Å². The summed E-state index contributed by atoms with van der Waals surface area (Å²) >= 11 is 0. The molecule has 24 heavy (non-hydrogen) atoms. The van der Waals surface area contributed by atoms with Crippen molar-refractivity contribution in [1.82, 2.24) is 19.8 Å². The Labute approximate surface area is 140 Å². The van der Waals surface area contributed by atoms with Crippen molar-refractivity contribution in [2.24, 2.45) is 0 Å². The SMILES string of the molecule is CN(C)CCN(C)C[C@H]1CC[C@@H](Cc2nccc(C(F)(F)F)n2)O1. The molecule has 0 unspecified atom stereocenters. The average Bonchev–Trinajstić information content (AvgIpc) is 2.91. The molecule has 1 aromatic heterocycles. The molecule has 8 heteroatoms. The first-order valence-corrected chi connectivity index (χ1v) is 8.12. The third-order valence-electron chi connectivity index (χ3n) is 4.05. The smallest absolute Gasteiger partial charge is 0.373 e. The van der Waals surface area contributed by atoms with Crippen molar-refractivity contribution in [3.63, 3.8) is 0 Å². The molecule has 2 rings (SSSR count). The second kappa shape index (κ2) is 8.22. The summed E-state index contributed by atoms with van der Waals surface area (Å²) in [6.07, 6.45) is -1.21. The Balaban J connectivity index is 1.82. The van der Waals surface area contributed by atoms with Crippen molar-refractivity contribution in [3.8, 4) is 0 Å². The second-order valence-corrected chi connectivity index (χ2v) is 6.58. The molecular weight excluding hydrogens is 321 g/mol. The first kappa shape index (κ1) is 19.1. The van der Waals surface area contributed by atoms with Crippen LogP contribution in [-0.2, 0) is 17.3 Å². The van der Waals surface area contributed by atoms with Gasteiger partial charge in [0.2, 0.25) is 0 Å². The molecule has 2 atom stereocenters. The molecule has 0 bridgehead atoms. The summed E-state index contributed by atoms with van der Waals surface area (Å²) < 4.78 is 44.0. The van der Waals surface area contributed by atoms with Crippen molar-refractivity contribution >= 4 is 0 Å². The van der Waals surface area contributed by atoms with Crippen LogP contribution in [0.25, 0.3) is 0 Å². The van der Waals surface area contributed by atoms with E-state index in [1.165, 1.54) is 0 Å². The molecule has 2 heterocycles. The van der Waals surface area contributed by atoms with E-state index >= 15 is 0 Å². The largest absolute Gasteiger partial charge is 0.433 e. The van der Waals surface area contributed by atoms with Gasteiger partial charge in [-0.2, -0.15) is 13.2 Å². The van der Waals surface area contributed by atoms with Crippen LogP contribution >= 0.6 is 0 Å². The van der Waals surface area contributed by atoms with Crippen molar-refractivity contribution in [2.75, 3.05) is 40.8 Å². The van der Waals surface area contributed by atoms with Crippen LogP contribution in [0, 0.1) is 0 Å². The van der Waals surface area contributed by atoms with Gasteiger partial charge in [0.15, 0.2) is 0 Å². The Kier molecular flexibility index (Phi) is 6.54. The van der Waals surface area contributed by atoms with Crippen LogP contribution in [0.3, 0.4) is 0 Å². The minimum absolute atomic E-state index is 0.110. The van der Waals surface area contributed by atoms with Gasteiger partial charge in [-0.3, -0.25) is 0 Å². The van der Waals surface area contributed by atoms with Crippen molar-refractivity contribution in [2.45, 2.75) is 37.6 Å². The number of hydrogen-bond donors (Lipinski definition) is 0. The fraction of sp³-hybridized carbons (Fsp3) is 0.750. The molecule has 0 N–H and O–H groups in total. The van der Waals surface area contributed by atoms with Crippen LogP contribution in [-0.4, -0.2) is 72.8 Å². The minimum Gasteiger partial charge on any atom is -0.373 e. The van der Waals surface area contributed by atoms with E-state index in [1.807, 2.05) is 14.1 Å². The number of rotatable bonds is 7. The zero-order chi connectivity index (χ0) is 17.7. The van der Waals surface area contributed by atoms with Gasteiger partial charge in [-0.15, -0.1) is 0 Å². The normalized spacial score (nSPS) is 21.8. The summed E-state index contributed by atoms with van der Waals surface area (Å²) in [4.78, 5) is 11.9. The Morgan fingerprint density at radius 3 is 2.54 bits per heavy atom. The number of alkyl halides is 3. The number of likely N-dealkylation sites (N-methyl/N-ethyl adjacent to an activating group) is 2. The number of hydrogen-bond acceptors (Lipinski definition) is 5. The Morgan fingerprint density at radius 2 is 1.88 bits per heavy atom. The molecule has 0 radical (unpaired) electrons. The van der Waals surface area contributed by atoms with Crippen molar-refractivity contribution < 1.29 is 17.9 Å². The van der Waals surface area contributed by atoms with E-state index in [-0.39, 0.29) is 18.0 Å². The van der Waals surface area contributed by atoms with Crippen LogP contribution in [0.5, 0.6) is 0 Å². The monoisotopic (exact) mass is 346 g/mol. The zero-order valence-electron chi connectivity index (χ0n) is 14.4. The van der Waals surface area contributed by atoms with E-state index in [0.29, 0.717) is 6.42 Å². The van der Waals surface area contributed by atoms with Crippen LogP contribution < -0.4 is 0 Å². The third-order valence-corrected chi connectivity index (χ3v) is 4.05. The van der Waals surface area contributed by atoms with Crippen molar-refractivity contribution in [1.29, 1.82) is 0 Å². The summed E-state index contributed by atoms with van der Waals surface area (Å²) in [7, 11) is 6.12. The average molecular weight is 346 g/mol. The number of halogens is 3. The molecular formula is C16H25F3N4O. The van der Waals surface area contributed by atoms with Crippen LogP contribution in [0.15, 0.2) is 12.3 Å². The van der Waals surface area contributed by atoms with E-state index < -0.39 is 11.9 Å². The van der Waals surface area contributed by atoms with Gasteiger partial charge in [-0.25, -0.2) is 9.97 Å². The highest BCUT2D eigenvalue weighted by atomic mass is 19.4. The quantitative estimate of drug-likeness (QED) is 0.756. The summed E-state index contributed by atoms with van der Waals surface area (Å²) in [6, 6.07) is 0.890. The molecule has 1 fully saturated rings. The van der Waals surface area contributed by atoms with Gasteiger partial charge in [-0.05, 0) is 40.1 Å². The molecule has 0 aromatic carbocycles. The first-order chi connectivity index (χ1) is 11.2. The molecule has 5 nitrogen and oxygen atoms in total. The van der Waals surface area contributed by atoms with Gasteiger partial charge in [0.1, 0.15) is 11.5 Å². The number of nitrogens with zero attached hydrogens (tertiary/aromatic N) is 4. The van der Waals surface area contributed by atoms with E-state index in [0.717, 1.165) is 44.7 Å². The highest BCUT2D eigenvalue weighted by Crippen LogP contribution is 2.28. The molecule has 0 aliphatic carbocycles. The van der Waals surface area contributed by atoms with Crippen LogP contribution in [0.1, 0.15) is 24.4 Å². The molecule has 0 spiro atoms. The Bertz CT molecular complexity index is 524. The topological polar surface area (TPSA) is 41.5 Å². The Morgan fingerprint density at radius 1 is 1.17 bits per heavy atom. The molecule has 0 amide bonds. The lowest BCUT2D eigenvalue weighted by Crippen LogP contribution is -2.34. The van der Waals surface area contributed by atoms with Crippen LogP contribution in [0.2, 0.25) is 0 Å². The lowest BCUT2D eigenvalue weighted by molar-refractivity contribution is -0.141. The van der Waals surface area contributed by atoms with E-state index in [4.69, 9.17) is 4.74 Å². The zero-order valence-corrected chi connectivity index (χ0v) is 14.4. The molecule has 1 aromatic rings. The maximum Gasteiger partial charge on any atom is 0.433 e. The first-order valence-electron chi connectivity index (χ1n) is 8.12. The lowest BCUT2D eigenvalue weighted by atomic mass is 10.1. The number of aromatic nitrogens is 2. The third kappa shape index (κ3) is 5.99. The second-order valence-electron chi connectivity index (χ2n) is 6.58.